The Bertz CT molecular complexity index is 285. The highest BCUT2D eigenvalue weighted by atomic mass is 32.2. The fourth-order valence-electron chi connectivity index (χ4n) is 1.19. The molecule has 0 aliphatic rings. The van der Waals surface area contributed by atoms with E-state index in [4.69, 9.17) is 4.74 Å². The lowest BCUT2D eigenvalue weighted by Crippen LogP contribution is -2.36. The summed E-state index contributed by atoms with van der Waals surface area (Å²) in [6, 6.07) is 0.415. The zero-order valence-electron chi connectivity index (χ0n) is 10.1. The van der Waals surface area contributed by atoms with E-state index in [1.54, 1.807) is 6.20 Å². The second-order valence-electron chi connectivity index (χ2n) is 3.80. The predicted molar refractivity (Wildman–Crippen MR) is 71.9 cm³/mol. The molecule has 17 heavy (non-hydrogen) atoms. The van der Waals surface area contributed by atoms with Crippen LogP contribution in [0, 0.1) is 0 Å². The first kappa shape index (κ1) is 14.7. The van der Waals surface area contributed by atoms with Crippen LogP contribution in [0.3, 0.4) is 0 Å². The number of ether oxygens (including phenoxy) is 1. The predicted octanol–water partition coefficient (Wildman–Crippen LogP) is 1.01. The van der Waals surface area contributed by atoms with E-state index >= 15 is 0 Å². The second kappa shape index (κ2) is 8.68. The van der Waals surface area contributed by atoms with E-state index in [1.807, 2.05) is 11.8 Å². The van der Waals surface area contributed by atoms with Crippen molar-refractivity contribution in [2.75, 3.05) is 25.2 Å². The van der Waals surface area contributed by atoms with E-state index < -0.39 is 6.10 Å². The lowest BCUT2D eigenvalue weighted by Gasteiger charge is -2.16. The van der Waals surface area contributed by atoms with Gasteiger partial charge in [0.15, 0.2) is 0 Å². The van der Waals surface area contributed by atoms with Gasteiger partial charge < -0.3 is 15.2 Å². The van der Waals surface area contributed by atoms with E-state index in [2.05, 4.69) is 27.2 Å². The van der Waals surface area contributed by atoms with Crippen molar-refractivity contribution < 1.29 is 9.84 Å². The van der Waals surface area contributed by atoms with Crippen molar-refractivity contribution in [3.8, 4) is 5.88 Å². The molecule has 2 unspecified atom stereocenters. The Hall–Kier alpha value is -0.370. The van der Waals surface area contributed by atoms with Gasteiger partial charge >= 0.3 is 0 Å². The number of hydrogen-bond acceptors (Lipinski definition) is 7. The normalized spacial score (nSPS) is 14.5. The minimum absolute atomic E-state index is 0.244. The minimum atomic E-state index is -0.520. The summed E-state index contributed by atoms with van der Waals surface area (Å²) in [4.78, 5) is 0. The maximum Gasteiger partial charge on any atom is 0.245 e. The first-order chi connectivity index (χ1) is 8.22. The summed E-state index contributed by atoms with van der Waals surface area (Å²) in [6.07, 6.45) is 4.22. The molecule has 2 N–H and O–H groups in total. The summed E-state index contributed by atoms with van der Waals surface area (Å²) in [7, 11) is 0. The first-order valence-corrected chi connectivity index (χ1v) is 7.65. The van der Waals surface area contributed by atoms with E-state index in [0.717, 1.165) is 23.9 Å². The summed E-state index contributed by atoms with van der Waals surface area (Å²) in [5.41, 5.74) is 0. The van der Waals surface area contributed by atoms with Crippen LogP contribution in [0.1, 0.15) is 13.3 Å². The van der Waals surface area contributed by atoms with E-state index in [0.29, 0.717) is 18.5 Å². The van der Waals surface area contributed by atoms with Crippen LogP contribution in [0.25, 0.3) is 0 Å². The molecule has 0 spiro atoms. The average Bonchev–Trinajstić information content (AvgIpc) is 2.84. The van der Waals surface area contributed by atoms with Crippen LogP contribution in [0.15, 0.2) is 6.20 Å². The van der Waals surface area contributed by atoms with E-state index in [-0.39, 0.29) is 6.61 Å². The minimum Gasteiger partial charge on any atom is -0.473 e. The molecule has 1 rings (SSSR count). The number of aromatic nitrogens is 2. The highest BCUT2D eigenvalue weighted by Crippen LogP contribution is 2.05. The summed E-state index contributed by atoms with van der Waals surface area (Å²) < 4.78 is 13.0. The van der Waals surface area contributed by atoms with E-state index in [9.17, 15) is 5.11 Å². The zero-order chi connectivity index (χ0) is 12.5. The Labute approximate surface area is 110 Å². The molecule has 0 fully saturated rings. The van der Waals surface area contributed by atoms with Gasteiger partial charge in [0.05, 0.1) is 11.7 Å². The molecule has 1 aromatic rings. The monoisotopic (exact) mass is 277 g/mol. The van der Waals surface area contributed by atoms with Crippen LogP contribution < -0.4 is 10.1 Å². The van der Waals surface area contributed by atoms with Gasteiger partial charge in [-0.15, -0.1) is 4.37 Å². The molecule has 2 atom stereocenters. The van der Waals surface area contributed by atoms with Crippen LogP contribution in [0.5, 0.6) is 5.88 Å². The molecular weight excluding hydrogens is 258 g/mol. The number of aliphatic hydroxyl groups excluding tert-OH is 1. The topological polar surface area (TPSA) is 67.3 Å². The van der Waals surface area contributed by atoms with Gasteiger partial charge in [-0.25, -0.2) is 0 Å². The number of nitrogens with one attached hydrogen (secondary N) is 1. The fraction of sp³-hybridized carbons (Fsp3) is 0.800. The lowest BCUT2D eigenvalue weighted by atomic mass is 10.2. The van der Waals surface area contributed by atoms with Gasteiger partial charge in [0, 0.05) is 12.6 Å². The molecule has 0 aromatic carbocycles. The van der Waals surface area contributed by atoms with Gasteiger partial charge in [0.2, 0.25) is 5.88 Å². The molecule has 1 heterocycles. The molecule has 98 valence electrons. The average molecular weight is 277 g/mol. The Balaban J connectivity index is 2.06. The van der Waals surface area contributed by atoms with Crippen molar-refractivity contribution in [1.82, 2.24) is 14.1 Å². The van der Waals surface area contributed by atoms with Gasteiger partial charge in [-0.3, -0.25) is 0 Å². The fourth-order valence-corrected chi connectivity index (χ4v) is 2.15. The summed E-state index contributed by atoms with van der Waals surface area (Å²) in [5, 5.41) is 13.0. The maximum atomic E-state index is 9.68. The van der Waals surface area contributed by atoms with Crippen LogP contribution in [0.2, 0.25) is 0 Å². The smallest absolute Gasteiger partial charge is 0.245 e. The third kappa shape index (κ3) is 6.82. The van der Waals surface area contributed by atoms with E-state index in [1.165, 1.54) is 0 Å². The third-order valence-electron chi connectivity index (χ3n) is 2.22. The van der Waals surface area contributed by atoms with Crippen LogP contribution in [0.4, 0.5) is 0 Å². The highest BCUT2D eigenvalue weighted by Gasteiger charge is 2.08. The molecule has 0 aliphatic heterocycles. The summed E-state index contributed by atoms with van der Waals surface area (Å²) >= 11 is 2.93. The van der Waals surface area contributed by atoms with Gasteiger partial charge in [-0.05, 0) is 25.4 Å². The Morgan fingerprint density at radius 3 is 3.12 bits per heavy atom. The quantitative estimate of drug-likeness (QED) is 0.702. The Kier molecular flexibility index (Phi) is 7.50. The molecule has 0 saturated carbocycles. The lowest BCUT2D eigenvalue weighted by molar-refractivity contribution is 0.102. The molecule has 0 bridgehead atoms. The van der Waals surface area contributed by atoms with Crippen LogP contribution in [-0.2, 0) is 0 Å². The molecule has 5 nitrogen and oxygen atoms in total. The highest BCUT2D eigenvalue weighted by molar-refractivity contribution is 7.98. The SMILES string of the molecule is CSCCC(C)NCC(O)COc1cnsn1. The number of rotatable bonds is 9. The second-order valence-corrected chi connectivity index (χ2v) is 5.34. The van der Waals surface area contributed by atoms with Gasteiger partial charge in [-0.2, -0.15) is 16.1 Å². The number of aliphatic hydroxyl groups is 1. The number of hydrogen-bond donors (Lipinski definition) is 2. The maximum absolute atomic E-state index is 9.68. The Morgan fingerprint density at radius 1 is 1.65 bits per heavy atom. The molecule has 7 heteroatoms. The first-order valence-electron chi connectivity index (χ1n) is 5.53. The van der Waals surface area contributed by atoms with Crippen molar-refractivity contribution in [1.29, 1.82) is 0 Å². The molecule has 0 aliphatic carbocycles. The van der Waals surface area contributed by atoms with Gasteiger partial charge in [0.1, 0.15) is 18.9 Å². The van der Waals surface area contributed by atoms with Gasteiger partial charge in [-0.1, -0.05) is 0 Å². The summed E-state index contributed by atoms with van der Waals surface area (Å²) in [6.45, 7) is 2.90. The van der Waals surface area contributed by atoms with Crippen molar-refractivity contribution in [3.05, 3.63) is 6.20 Å². The van der Waals surface area contributed by atoms with Crippen molar-refractivity contribution in [3.63, 3.8) is 0 Å². The molecule has 1 aromatic heterocycles. The summed E-state index contributed by atoms with van der Waals surface area (Å²) in [5.74, 6) is 1.61. The zero-order valence-corrected chi connectivity index (χ0v) is 11.8. The van der Waals surface area contributed by atoms with Crippen molar-refractivity contribution in [2.24, 2.45) is 0 Å². The van der Waals surface area contributed by atoms with Gasteiger partial charge in [0.25, 0.3) is 0 Å². The third-order valence-corrected chi connectivity index (χ3v) is 3.33. The number of nitrogens with zero attached hydrogens (tertiary/aromatic N) is 2. The van der Waals surface area contributed by atoms with Crippen LogP contribution in [-0.4, -0.2) is 51.2 Å². The molecule has 0 amide bonds. The molecule has 0 radical (unpaired) electrons. The largest absolute Gasteiger partial charge is 0.473 e. The molecule has 0 saturated heterocycles. The molecular formula is C10H19N3O2S2. The van der Waals surface area contributed by atoms with Crippen LogP contribution >= 0.6 is 23.5 Å². The Morgan fingerprint density at radius 2 is 2.47 bits per heavy atom. The number of thioether (sulfide) groups is 1. The standard InChI is InChI=1S/C10H19N3O2S2/c1-8(3-4-16-2)11-5-9(14)7-15-10-6-12-17-13-10/h6,8-9,11,14H,3-5,7H2,1-2H3. The van der Waals surface area contributed by atoms with Crippen molar-refractivity contribution >= 4 is 23.5 Å². The van der Waals surface area contributed by atoms with Crippen molar-refractivity contribution in [2.45, 2.75) is 25.5 Å².